The van der Waals surface area contributed by atoms with Gasteiger partial charge in [0.25, 0.3) is 11.6 Å². The van der Waals surface area contributed by atoms with Crippen LogP contribution in [0.1, 0.15) is 15.9 Å². The van der Waals surface area contributed by atoms with Crippen LogP contribution >= 0.6 is 11.6 Å². The van der Waals surface area contributed by atoms with Crippen molar-refractivity contribution >= 4 is 38.7 Å². The van der Waals surface area contributed by atoms with Gasteiger partial charge in [-0.05, 0) is 36.4 Å². The molecule has 0 unspecified atom stereocenters. The van der Waals surface area contributed by atoms with Crippen molar-refractivity contribution in [1.29, 1.82) is 0 Å². The summed E-state index contributed by atoms with van der Waals surface area (Å²) in [5, 5.41) is 14.5. The SMILES string of the molecule is CS(=O)(=O)Cc1ccc(C(=O)Nc2ccc(Cl)c(-c3ccccn3)c2)cc1[N+](=O)[O-]. The van der Waals surface area contributed by atoms with Crippen molar-refractivity contribution in [2.45, 2.75) is 5.75 Å². The number of nitro groups is 1. The fraction of sp³-hybridized carbons (Fsp3) is 0.100. The molecule has 0 atom stereocenters. The average Bonchev–Trinajstić information content (AvgIpc) is 2.69. The van der Waals surface area contributed by atoms with Crippen molar-refractivity contribution < 1.29 is 18.1 Å². The normalized spacial score (nSPS) is 11.1. The zero-order chi connectivity index (χ0) is 21.9. The van der Waals surface area contributed by atoms with E-state index in [0.29, 0.717) is 22.0 Å². The van der Waals surface area contributed by atoms with E-state index >= 15 is 0 Å². The number of rotatable bonds is 6. The maximum atomic E-state index is 12.6. The quantitative estimate of drug-likeness (QED) is 0.450. The monoisotopic (exact) mass is 445 g/mol. The second kappa shape index (κ2) is 8.60. The number of halogens is 1. The van der Waals surface area contributed by atoms with Gasteiger partial charge in [0.05, 0.1) is 21.4 Å². The van der Waals surface area contributed by atoms with Crippen molar-refractivity contribution in [3.05, 3.63) is 87.1 Å². The molecule has 3 aromatic rings. The van der Waals surface area contributed by atoms with Crippen molar-refractivity contribution in [2.24, 2.45) is 0 Å². The van der Waals surface area contributed by atoms with Gasteiger partial charge in [-0.2, -0.15) is 0 Å². The third-order valence-corrected chi connectivity index (χ3v) is 5.29. The van der Waals surface area contributed by atoms with E-state index in [1.165, 1.54) is 12.1 Å². The van der Waals surface area contributed by atoms with Crippen molar-refractivity contribution in [2.75, 3.05) is 11.6 Å². The van der Waals surface area contributed by atoms with Gasteiger partial charge in [0, 0.05) is 40.9 Å². The first-order valence-electron chi connectivity index (χ1n) is 8.61. The Kier molecular flexibility index (Phi) is 6.14. The third-order valence-electron chi connectivity index (χ3n) is 4.13. The van der Waals surface area contributed by atoms with E-state index in [2.05, 4.69) is 10.3 Å². The fourth-order valence-corrected chi connectivity index (χ4v) is 3.83. The molecule has 2 aromatic carbocycles. The third kappa shape index (κ3) is 5.19. The molecule has 0 radical (unpaired) electrons. The summed E-state index contributed by atoms with van der Waals surface area (Å²) in [4.78, 5) is 27.5. The van der Waals surface area contributed by atoms with E-state index in [-0.39, 0.29) is 11.1 Å². The topological polar surface area (TPSA) is 119 Å². The fourth-order valence-electron chi connectivity index (χ4n) is 2.80. The largest absolute Gasteiger partial charge is 0.322 e. The number of benzene rings is 2. The summed E-state index contributed by atoms with van der Waals surface area (Å²) < 4.78 is 23.0. The lowest BCUT2D eigenvalue weighted by Gasteiger charge is -2.10. The van der Waals surface area contributed by atoms with Crippen LogP contribution in [0.5, 0.6) is 0 Å². The molecular weight excluding hydrogens is 430 g/mol. The molecule has 0 bridgehead atoms. The Morgan fingerprint density at radius 3 is 2.57 bits per heavy atom. The van der Waals surface area contributed by atoms with Gasteiger partial charge in [0.1, 0.15) is 0 Å². The molecule has 0 spiro atoms. The van der Waals surface area contributed by atoms with E-state index < -0.39 is 32.1 Å². The second-order valence-corrected chi connectivity index (χ2v) is 9.08. The predicted octanol–water partition coefficient (Wildman–Crippen LogP) is 4.11. The van der Waals surface area contributed by atoms with Crippen molar-refractivity contribution in [1.82, 2.24) is 4.98 Å². The van der Waals surface area contributed by atoms with E-state index in [1.54, 1.807) is 42.6 Å². The lowest BCUT2D eigenvalue weighted by atomic mass is 10.1. The molecule has 10 heteroatoms. The first kappa shape index (κ1) is 21.4. The first-order valence-corrected chi connectivity index (χ1v) is 11.1. The molecule has 0 fully saturated rings. The molecule has 0 saturated carbocycles. The highest BCUT2D eigenvalue weighted by atomic mass is 35.5. The van der Waals surface area contributed by atoms with Crippen LogP contribution in [0.15, 0.2) is 60.8 Å². The molecule has 0 aliphatic carbocycles. The number of sulfone groups is 1. The van der Waals surface area contributed by atoms with Gasteiger partial charge in [-0.15, -0.1) is 0 Å². The zero-order valence-electron chi connectivity index (χ0n) is 15.7. The molecule has 1 aromatic heterocycles. The Balaban J connectivity index is 1.89. The summed E-state index contributed by atoms with van der Waals surface area (Å²) in [5.41, 5.74) is 1.27. The molecule has 30 heavy (non-hydrogen) atoms. The van der Waals surface area contributed by atoms with Crippen LogP contribution in [0.4, 0.5) is 11.4 Å². The van der Waals surface area contributed by atoms with E-state index in [9.17, 15) is 23.3 Å². The van der Waals surface area contributed by atoms with Gasteiger partial charge in [-0.1, -0.05) is 23.7 Å². The highest BCUT2D eigenvalue weighted by molar-refractivity contribution is 7.89. The summed E-state index contributed by atoms with van der Waals surface area (Å²) in [6.07, 6.45) is 2.60. The smallest absolute Gasteiger partial charge is 0.274 e. The van der Waals surface area contributed by atoms with E-state index in [0.717, 1.165) is 12.3 Å². The molecule has 1 heterocycles. The molecule has 1 N–H and O–H groups in total. The number of hydrogen-bond acceptors (Lipinski definition) is 6. The molecule has 8 nitrogen and oxygen atoms in total. The Morgan fingerprint density at radius 1 is 1.17 bits per heavy atom. The molecular formula is C20H16ClN3O5S. The predicted molar refractivity (Wildman–Crippen MR) is 114 cm³/mol. The number of carbonyl (C=O) groups excluding carboxylic acids is 1. The summed E-state index contributed by atoms with van der Waals surface area (Å²) in [7, 11) is -3.47. The van der Waals surface area contributed by atoms with Crippen LogP contribution < -0.4 is 5.32 Å². The molecule has 154 valence electrons. The van der Waals surface area contributed by atoms with Crippen LogP contribution in [0, 0.1) is 10.1 Å². The summed E-state index contributed by atoms with van der Waals surface area (Å²) in [6, 6.07) is 13.9. The number of nitro benzene ring substituents is 1. The molecule has 1 amide bonds. The van der Waals surface area contributed by atoms with Gasteiger partial charge < -0.3 is 5.32 Å². The van der Waals surface area contributed by atoms with Gasteiger partial charge in [-0.3, -0.25) is 19.9 Å². The average molecular weight is 446 g/mol. The lowest BCUT2D eigenvalue weighted by Crippen LogP contribution is -2.13. The maximum Gasteiger partial charge on any atom is 0.274 e. The van der Waals surface area contributed by atoms with E-state index in [1.807, 2.05) is 0 Å². The minimum Gasteiger partial charge on any atom is -0.322 e. The molecule has 0 aliphatic rings. The Labute approximate surface area is 177 Å². The molecule has 0 saturated heterocycles. The van der Waals surface area contributed by atoms with Crippen LogP contribution in [0.3, 0.4) is 0 Å². The second-order valence-electron chi connectivity index (χ2n) is 6.53. The van der Waals surface area contributed by atoms with E-state index in [4.69, 9.17) is 11.6 Å². The number of nitrogens with one attached hydrogen (secondary N) is 1. The lowest BCUT2D eigenvalue weighted by molar-refractivity contribution is -0.385. The first-order chi connectivity index (χ1) is 14.1. The van der Waals surface area contributed by atoms with Crippen molar-refractivity contribution in [3.8, 4) is 11.3 Å². The Bertz CT molecular complexity index is 1230. The van der Waals surface area contributed by atoms with Gasteiger partial charge in [-0.25, -0.2) is 8.42 Å². The van der Waals surface area contributed by atoms with Gasteiger partial charge in [0.15, 0.2) is 9.84 Å². The molecule has 3 rings (SSSR count). The minimum absolute atomic E-state index is 0.0166. The number of hydrogen-bond donors (Lipinski definition) is 1. The van der Waals surface area contributed by atoms with Crippen molar-refractivity contribution in [3.63, 3.8) is 0 Å². The summed E-state index contributed by atoms with van der Waals surface area (Å²) in [6.45, 7) is 0. The molecule has 0 aliphatic heterocycles. The maximum absolute atomic E-state index is 12.6. The zero-order valence-corrected chi connectivity index (χ0v) is 17.3. The minimum atomic E-state index is -3.47. The van der Waals surface area contributed by atoms with Crippen LogP contribution in [-0.2, 0) is 15.6 Å². The van der Waals surface area contributed by atoms with Crippen LogP contribution in [-0.4, -0.2) is 30.5 Å². The number of anilines is 1. The highest BCUT2D eigenvalue weighted by Gasteiger charge is 2.20. The Hall–Kier alpha value is -3.30. The van der Waals surface area contributed by atoms with Gasteiger partial charge in [0.2, 0.25) is 0 Å². The standard InChI is InChI=1S/C20H16ClN3O5S/c1-30(28,29)12-14-6-5-13(10-19(14)24(26)27)20(25)23-15-7-8-17(21)16(11-15)18-4-2-3-9-22-18/h2-11H,12H2,1H3,(H,23,25). The number of carbonyl (C=O) groups is 1. The summed E-state index contributed by atoms with van der Waals surface area (Å²) >= 11 is 6.23. The number of amides is 1. The number of nitrogens with zero attached hydrogens (tertiary/aromatic N) is 2. The number of aromatic nitrogens is 1. The number of pyridine rings is 1. The summed E-state index contributed by atoms with van der Waals surface area (Å²) in [5.74, 6) is -1.08. The van der Waals surface area contributed by atoms with Crippen LogP contribution in [0.25, 0.3) is 11.3 Å². The highest BCUT2D eigenvalue weighted by Crippen LogP contribution is 2.30. The van der Waals surface area contributed by atoms with Crippen LogP contribution in [0.2, 0.25) is 5.02 Å². The van der Waals surface area contributed by atoms with Gasteiger partial charge >= 0.3 is 0 Å². The Morgan fingerprint density at radius 2 is 1.93 bits per heavy atom.